The van der Waals surface area contributed by atoms with Crippen molar-refractivity contribution in [2.45, 2.75) is 52.2 Å². The molecule has 2 aliphatic rings. The van der Waals surface area contributed by atoms with Gasteiger partial charge in [0, 0.05) is 43.9 Å². The Morgan fingerprint density at radius 3 is 2.52 bits per heavy atom. The summed E-state index contributed by atoms with van der Waals surface area (Å²) in [4.78, 5) is 21.8. The maximum absolute atomic E-state index is 12.4. The van der Waals surface area contributed by atoms with E-state index in [0.29, 0.717) is 25.1 Å². The summed E-state index contributed by atoms with van der Waals surface area (Å²) < 4.78 is 6.05. The van der Waals surface area contributed by atoms with E-state index in [1.54, 1.807) is 0 Å². The number of fused-ring (bicyclic) bond motifs is 1. The molecule has 2 aliphatic heterocycles. The van der Waals surface area contributed by atoms with E-state index in [0.717, 1.165) is 54.5 Å². The Morgan fingerprint density at radius 2 is 1.88 bits per heavy atom. The highest BCUT2D eigenvalue weighted by Crippen LogP contribution is 2.37. The number of benzene rings is 1. The second kappa shape index (κ2) is 9.50. The van der Waals surface area contributed by atoms with Gasteiger partial charge in [0.1, 0.15) is 11.9 Å². The summed E-state index contributed by atoms with van der Waals surface area (Å²) in [6.07, 6.45) is 0.708. The van der Waals surface area contributed by atoms with E-state index in [1.807, 2.05) is 30.3 Å². The van der Waals surface area contributed by atoms with Crippen molar-refractivity contribution in [3.05, 3.63) is 52.7 Å². The summed E-state index contributed by atoms with van der Waals surface area (Å²) in [5.74, 6) is 1.02. The Balaban J connectivity index is 1.49. The number of ether oxygens (including phenoxy) is 1. The highest BCUT2D eigenvalue weighted by molar-refractivity contribution is 5.92. The lowest BCUT2D eigenvalue weighted by atomic mass is 9.86. The van der Waals surface area contributed by atoms with Gasteiger partial charge in [-0.2, -0.15) is 5.26 Å². The molecule has 0 unspecified atom stereocenters. The fourth-order valence-electron chi connectivity index (χ4n) is 4.65. The Morgan fingerprint density at radius 1 is 1.18 bits per heavy atom. The summed E-state index contributed by atoms with van der Waals surface area (Å²) in [5, 5.41) is 13.0. The zero-order valence-electron chi connectivity index (χ0n) is 20.0. The van der Waals surface area contributed by atoms with Gasteiger partial charge < -0.3 is 15.0 Å². The standard InChI is InChI=1S/C26H33N5O2/c1-18(2)24-22-17-33-26(3,4)14-20(22)21(15-27)25(29-24)31-12-10-30(11-13-31)16-23(32)28-19-8-6-5-7-9-19/h5-9,18H,10-14,16-17H2,1-4H3,(H,28,32). The molecule has 1 amide bonds. The average molecular weight is 448 g/mol. The van der Waals surface area contributed by atoms with Crippen LogP contribution in [0.2, 0.25) is 0 Å². The number of nitrogens with one attached hydrogen (secondary N) is 1. The fraction of sp³-hybridized carbons (Fsp3) is 0.500. The van der Waals surface area contributed by atoms with Gasteiger partial charge in [0.2, 0.25) is 5.91 Å². The van der Waals surface area contributed by atoms with E-state index in [1.165, 1.54) is 0 Å². The van der Waals surface area contributed by atoms with Crippen LogP contribution in [0.4, 0.5) is 11.5 Å². The number of anilines is 2. The molecule has 7 nitrogen and oxygen atoms in total. The third kappa shape index (κ3) is 5.18. The van der Waals surface area contributed by atoms with E-state index >= 15 is 0 Å². The number of nitriles is 1. The number of hydrogen-bond donors (Lipinski definition) is 1. The van der Waals surface area contributed by atoms with Crippen molar-refractivity contribution in [2.24, 2.45) is 0 Å². The zero-order valence-corrected chi connectivity index (χ0v) is 20.0. The molecule has 174 valence electrons. The predicted molar refractivity (Wildman–Crippen MR) is 129 cm³/mol. The molecule has 4 rings (SSSR count). The maximum atomic E-state index is 12.4. The van der Waals surface area contributed by atoms with Crippen molar-refractivity contribution in [1.29, 1.82) is 5.26 Å². The second-order valence-corrected chi connectivity index (χ2v) is 9.82. The first kappa shape index (κ1) is 23.2. The number of carbonyl (C=O) groups excluding carboxylic acids is 1. The summed E-state index contributed by atoms with van der Waals surface area (Å²) in [5.41, 5.74) is 4.40. The van der Waals surface area contributed by atoms with Gasteiger partial charge in [-0.05, 0) is 37.5 Å². The summed E-state index contributed by atoms with van der Waals surface area (Å²) in [6, 6.07) is 12.0. The molecule has 0 radical (unpaired) electrons. The molecule has 33 heavy (non-hydrogen) atoms. The predicted octanol–water partition coefficient (Wildman–Crippen LogP) is 3.69. The first-order valence-electron chi connectivity index (χ1n) is 11.7. The lowest BCUT2D eigenvalue weighted by Gasteiger charge is -2.38. The van der Waals surface area contributed by atoms with Crippen molar-refractivity contribution >= 4 is 17.4 Å². The number of aromatic nitrogens is 1. The second-order valence-electron chi connectivity index (χ2n) is 9.82. The van der Waals surface area contributed by atoms with Crippen LogP contribution in [0.5, 0.6) is 0 Å². The van der Waals surface area contributed by atoms with Crippen LogP contribution in [0, 0.1) is 11.3 Å². The highest BCUT2D eigenvalue weighted by atomic mass is 16.5. The highest BCUT2D eigenvalue weighted by Gasteiger charge is 2.34. The number of piperazine rings is 1. The average Bonchev–Trinajstić information content (AvgIpc) is 2.78. The van der Waals surface area contributed by atoms with Gasteiger partial charge in [0.05, 0.1) is 30.0 Å². The Kier molecular flexibility index (Phi) is 6.68. The monoisotopic (exact) mass is 447 g/mol. The molecular weight excluding hydrogens is 414 g/mol. The normalized spacial score (nSPS) is 18.0. The van der Waals surface area contributed by atoms with Gasteiger partial charge in [-0.25, -0.2) is 4.98 Å². The molecule has 0 bridgehead atoms. The lowest BCUT2D eigenvalue weighted by Crippen LogP contribution is -2.49. The van der Waals surface area contributed by atoms with E-state index < -0.39 is 0 Å². The quantitative estimate of drug-likeness (QED) is 0.753. The number of pyridine rings is 1. The van der Waals surface area contributed by atoms with Gasteiger partial charge in [-0.15, -0.1) is 0 Å². The zero-order chi connectivity index (χ0) is 23.6. The Bertz CT molecular complexity index is 1050. The number of para-hydroxylation sites is 1. The van der Waals surface area contributed by atoms with E-state index in [4.69, 9.17) is 9.72 Å². The van der Waals surface area contributed by atoms with Crippen LogP contribution in [-0.4, -0.2) is 54.1 Å². The number of carbonyl (C=O) groups is 1. The minimum atomic E-state index is -0.295. The van der Waals surface area contributed by atoms with E-state index in [-0.39, 0.29) is 17.4 Å². The van der Waals surface area contributed by atoms with Gasteiger partial charge in [0.25, 0.3) is 0 Å². The minimum absolute atomic E-state index is 0.0106. The molecule has 0 spiro atoms. The van der Waals surface area contributed by atoms with Gasteiger partial charge in [-0.3, -0.25) is 9.69 Å². The molecule has 0 atom stereocenters. The maximum Gasteiger partial charge on any atom is 0.238 e. The molecular formula is C26H33N5O2. The van der Waals surface area contributed by atoms with Crippen LogP contribution >= 0.6 is 0 Å². The van der Waals surface area contributed by atoms with E-state index in [2.05, 4.69) is 48.9 Å². The molecule has 0 saturated carbocycles. The molecule has 1 saturated heterocycles. The third-order valence-electron chi connectivity index (χ3n) is 6.39. The van der Waals surface area contributed by atoms with Gasteiger partial charge in [-0.1, -0.05) is 32.0 Å². The smallest absolute Gasteiger partial charge is 0.238 e. The van der Waals surface area contributed by atoms with Crippen molar-refractivity contribution in [2.75, 3.05) is 42.9 Å². The molecule has 2 aromatic rings. The van der Waals surface area contributed by atoms with Gasteiger partial charge in [0.15, 0.2) is 0 Å². The first-order valence-corrected chi connectivity index (χ1v) is 11.7. The number of amides is 1. The van der Waals surface area contributed by atoms with Gasteiger partial charge >= 0.3 is 0 Å². The Hall–Kier alpha value is -2.95. The minimum Gasteiger partial charge on any atom is -0.370 e. The van der Waals surface area contributed by atoms with Crippen LogP contribution in [0.15, 0.2) is 30.3 Å². The number of rotatable bonds is 5. The van der Waals surface area contributed by atoms with Crippen molar-refractivity contribution in [3.63, 3.8) is 0 Å². The number of hydrogen-bond acceptors (Lipinski definition) is 6. The molecule has 1 aromatic carbocycles. The van der Waals surface area contributed by atoms with Crippen molar-refractivity contribution in [1.82, 2.24) is 9.88 Å². The van der Waals surface area contributed by atoms with Crippen LogP contribution in [0.25, 0.3) is 0 Å². The SMILES string of the molecule is CC(C)c1nc(N2CCN(CC(=O)Nc3ccccc3)CC2)c(C#N)c2c1COC(C)(C)C2. The first-order chi connectivity index (χ1) is 15.8. The largest absolute Gasteiger partial charge is 0.370 e. The third-order valence-corrected chi connectivity index (χ3v) is 6.39. The summed E-state index contributed by atoms with van der Waals surface area (Å²) >= 11 is 0. The molecule has 1 aromatic heterocycles. The molecule has 1 N–H and O–H groups in total. The van der Waals surface area contributed by atoms with Crippen molar-refractivity contribution in [3.8, 4) is 6.07 Å². The van der Waals surface area contributed by atoms with Crippen LogP contribution in [-0.2, 0) is 22.6 Å². The van der Waals surface area contributed by atoms with Crippen molar-refractivity contribution < 1.29 is 9.53 Å². The van der Waals surface area contributed by atoms with Crippen LogP contribution in [0.3, 0.4) is 0 Å². The van der Waals surface area contributed by atoms with Crippen LogP contribution < -0.4 is 10.2 Å². The molecule has 3 heterocycles. The topological polar surface area (TPSA) is 81.5 Å². The summed E-state index contributed by atoms with van der Waals surface area (Å²) in [7, 11) is 0. The lowest BCUT2D eigenvalue weighted by molar-refractivity contribution is -0.117. The fourth-order valence-corrected chi connectivity index (χ4v) is 4.65. The van der Waals surface area contributed by atoms with Crippen LogP contribution in [0.1, 0.15) is 56.0 Å². The molecule has 1 fully saturated rings. The Labute approximate surface area is 196 Å². The molecule has 0 aliphatic carbocycles. The van der Waals surface area contributed by atoms with E-state index in [9.17, 15) is 10.1 Å². The number of nitrogens with zero attached hydrogens (tertiary/aromatic N) is 4. The molecule has 7 heteroatoms. The summed E-state index contributed by atoms with van der Waals surface area (Å²) in [6.45, 7) is 12.2.